The number of hydrogen-bond acceptors (Lipinski definition) is 1. The van der Waals surface area contributed by atoms with Crippen molar-refractivity contribution in [3.8, 4) is 0 Å². The van der Waals surface area contributed by atoms with Gasteiger partial charge in [-0.05, 0) is 34.4 Å². The van der Waals surface area contributed by atoms with Crippen molar-refractivity contribution in [3.63, 3.8) is 0 Å². The summed E-state index contributed by atoms with van der Waals surface area (Å²) in [5.74, 6) is 0. The van der Waals surface area contributed by atoms with Gasteiger partial charge in [0.05, 0.1) is 0 Å². The van der Waals surface area contributed by atoms with Crippen molar-refractivity contribution in [2.75, 3.05) is 13.6 Å². The summed E-state index contributed by atoms with van der Waals surface area (Å²) in [6, 6.07) is 0. The molecule has 10 heavy (non-hydrogen) atoms. The molecule has 0 rings (SSSR count). The molecule has 0 amide bonds. The van der Waals surface area contributed by atoms with Crippen LogP contribution in [0.2, 0.25) is 0 Å². The summed E-state index contributed by atoms with van der Waals surface area (Å²) in [5.41, 5.74) is 0.212. The van der Waals surface area contributed by atoms with E-state index in [0.29, 0.717) is 0 Å². The molecule has 0 atom stereocenters. The van der Waals surface area contributed by atoms with Gasteiger partial charge in [-0.25, -0.2) is 0 Å². The highest BCUT2D eigenvalue weighted by Crippen LogP contribution is 2.12. The van der Waals surface area contributed by atoms with Crippen LogP contribution in [0.3, 0.4) is 0 Å². The lowest BCUT2D eigenvalue weighted by atomic mass is 10.0. The van der Waals surface area contributed by atoms with Crippen LogP contribution in [0.15, 0.2) is 12.2 Å². The molecule has 0 saturated heterocycles. The maximum Gasteiger partial charge on any atom is 0.0331 e. The summed E-state index contributed by atoms with van der Waals surface area (Å²) in [6.45, 7) is 9.76. The normalized spacial score (nSPS) is 13.4. The van der Waals surface area contributed by atoms with Gasteiger partial charge in [0.15, 0.2) is 0 Å². The number of allylic oxidation sites excluding steroid dienone is 1. The fraction of sp³-hybridized carbons (Fsp3) is 0.778. The van der Waals surface area contributed by atoms with Gasteiger partial charge in [0.25, 0.3) is 0 Å². The molecule has 60 valence electrons. The van der Waals surface area contributed by atoms with Gasteiger partial charge < -0.3 is 0 Å². The predicted octanol–water partition coefficient (Wildman–Crippen LogP) is 2.29. The summed E-state index contributed by atoms with van der Waals surface area (Å²) >= 11 is 0. The first-order valence-electron chi connectivity index (χ1n) is 3.89. The molecular formula is C9H19N. The fourth-order valence-corrected chi connectivity index (χ4v) is 0.943. The molecule has 0 fully saturated rings. The topological polar surface area (TPSA) is 3.24 Å². The van der Waals surface area contributed by atoms with Gasteiger partial charge in [-0.15, -0.1) is 0 Å². The highest BCUT2D eigenvalue weighted by Gasteiger charge is 2.16. The first-order valence-corrected chi connectivity index (χ1v) is 3.89. The molecule has 0 saturated carbocycles. The Labute approximate surface area is 64.7 Å². The van der Waals surface area contributed by atoms with Gasteiger partial charge in [0, 0.05) is 5.54 Å². The molecule has 1 heteroatoms. The van der Waals surface area contributed by atoms with Crippen molar-refractivity contribution < 1.29 is 0 Å². The first-order chi connectivity index (χ1) is 4.54. The van der Waals surface area contributed by atoms with E-state index in [1.54, 1.807) is 0 Å². The molecule has 0 unspecified atom stereocenters. The number of nitrogens with zero attached hydrogens (tertiary/aromatic N) is 1. The van der Waals surface area contributed by atoms with Gasteiger partial charge in [0.2, 0.25) is 0 Å². The maximum atomic E-state index is 2.31. The van der Waals surface area contributed by atoms with Crippen molar-refractivity contribution in [1.82, 2.24) is 4.90 Å². The molecule has 0 aliphatic rings. The van der Waals surface area contributed by atoms with E-state index in [1.807, 2.05) is 0 Å². The molecule has 0 aliphatic carbocycles. The van der Waals surface area contributed by atoms with Crippen molar-refractivity contribution in [1.29, 1.82) is 0 Å². The minimum atomic E-state index is 0.212. The van der Waals surface area contributed by atoms with E-state index in [0.717, 1.165) is 6.54 Å². The molecule has 0 heterocycles. The summed E-state index contributed by atoms with van der Waals surface area (Å²) in [5, 5.41) is 0. The molecule has 0 radical (unpaired) electrons. The van der Waals surface area contributed by atoms with Crippen LogP contribution in [0.5, 0.6) is 0 Å². The van der Waals surface area contributed by atoms with Crippen LogP contribution in [0.4, 0.5) is 0 Å². The fourth-order valence-electron chi connectivity index (χ4n) is 0.943. The van der Waals surface area contributed by atoms with Gasteiger partial charge in [-0.1, -0.05) is 19.1 Å². The third-order valence-electron chi connectivity index (χ3n) is 2.03. The minimum absolute atomic E-state index is 0.212. The highest BCUT2D eigenvalue weighted by molar-refractivity contribution is 4.99. The molecule has 0 bridgehead atoms. The molecule has 0 aromatic carbocycles. The van der Waals surface area contributed by atoms with Gasteiger partial charge in [0.1, 0.15) is 0 Å². The van der Waals surface area contributed by atoms with E-state index in [2.05, 4.69) is 51.8 Å². The predicted molar refractivity (Wildman–Crippen MR) is 47.2 cm³/mol. The Kier molecular flexibility index (Phi) is 3.66. The number of hydrogen-bond donors (Lipinski definition) is 0. The molecule has 0 aromatic heterocycles. The SMILES string of the molecule is C/C=C\C(C)(C)N(C)CC. The van der Waals surface area contributed by atoms with E-state index < -0.39 is 0 Å². The first kappa shape index (κ1) is 9.70. The van der Waals surface area contributed by atoms with Crippen LogP contribution < -0.4 is 0 Å². The molecule has 0 N–H and O–H groups in total. The van der Waals surface area contributed by atoms with Crippen molar-refractivity contribution >= 4 is 0 Å². The van der Waals surface area contributed by atoms with Crippen LogP contribution in [0.25, 0.3) is 0 Å². The van der Waals surface area contributed by atoms with E-state index in [9.17, 15) is 0 Å². The largest absolute Gasteiger partial charge is 0.298 e. The van der Waals surface area contributed by atoms with Crippen LogP contribution >= 0.6 is 0 Å². The van der Waals surface area contributed by atoms with E-state index in [1.165, 1.54) is 0 Å². The monoisotopic (exact) mass is 141 g/mol. The quantitative estimate of drug-likeness (QED) is 0.545. The Morgan fingerprint density at radius 2 is 1.90 bits per heavy atom. The average Bonchev–Trinajstić information content (AvgIpc) is 1.86. The zero-order valence-electron chi connectivity index (χ0n) is 7.81. The summed E-state index contributed by atoms with van der Waals surface area (Å²) in [6.07, 6.45) is 4.32. The van der Waals surface area contributed by atoms with Gasteiger partial charge >= 0.3 is 0 Å². The second kappa shape index (κ2) is 3.77. The third kappa shape index (κ3) is 2.53. The van der Waals surface area contributed by atoms with Gasteiger partial charge in [-0.3, -0.25) is 4.90 Å². The zero-order chi connectivity index (χ0) is 8.20. The lowest BCUT2D eigenvalue weighted by molar-refractivity contribution is 0.215. The Hall–Kier alpha value is -0.300. The van der Waals surface area contributed by atoms with Crippen LogP contribution in [0.1, 0.15) is 27.7 Å². The van der Waals surface area contributed by atoms with E-state index >= 15 is 0 Å². The van der Waals surface area contributed by atoms with Crippen LogP contribution in [0, 0.1) is 0 Å². The number of rotatable bonds is 3. The van der Waals surface area contributed by atoms with Crippen molar-refractivity contribution in [2.24, 2.45) is 0 Å². The zero-order valence-corrected chi connectivity index (χ0v) is 7.81. The lowest BCUT2D eigenvalue weighted by Gasteiger charge is -2.31. The van der Waals surface area contributed by atoms with Crippen molar-refractivity contribution in [3.05, 3.63) is 12.2 Å². The lowest BCUT2D eigenvalue weighted by Crippen LogP contribution is -2.38. The van der Waals surface area contributed by atoms with Crippen LogP contribution in [-0.4, -0.2) is 24.0 Å². The molecule has 0 aliphatic heterocycles. The molecule has 0 spiro atoms. The average molecular weight is 141 g/mol. The summed E-state index contributed by atoms with van der Waals surface area (Å²) in [7, 11) is 2.14. The van der Waals surface area contributed by atoms with Crippen LogP contribution in [-0.2, 0) is 0 Å². The van der Waals surface area contributed by atoms with Crippen molar-refractivity contribution in [2.45, 2.75) is 33.2 Å². The Bertz CT molecular complexity index is 114. The summed E-state index contributed by atoms with van der Waals surface area (Å²) in [4.78, 5) is 2.31. The number of likely N-dealkylation sites (N-methyl/N-ethyl adjacent to an activating group) is 1. The second-order valence-corrected chi connectivity index (χ2v) is 3.17. The second-order valence-electron chi connectivity index (χ2n) is 3.17. The Morgan fingerprint density at radius 3 is 2.20 bits per heavy atom. The minimum Gasteiger partial charge on any atom is -0.298 e. The smallest absolute Gasteiger partial charge is 0.0331 e. The molecule has 0 aromatic rings. The van der Waals surface area contributed by atoms with E-state index in [4.69, 9.17) is 0 Å². The standard InChI is InChI=1S/C9H19N/c1-6-8-9(3,4)10(5)7-2/h6,8H,7H2,1-5H3/b8-6-. The maximum absolute atomic E-state index is 2.31. The van der Waals surface area contributed by atoms with Gasteiger partial charge in [-0.2, -0.15) is 0 Å². The Balaban J connectivity index is 4.09. The third-order valence-corrected chi connectivity index (χ3v) is 2.03. The molecule has 1 nitrogen and oxygen atoms in total. The summed E-state index contributed by atoms with van der Waals surface area (Å²) < 4.78 is 0. The molecular weight excluding hydrogens is 122 g/mol. The highest BCUT2D eigenvalue weighted by atomic mass is 15.1. The van der Waals surface area contributed by atoms with E-state index in [-0.39, 0.29) is 5.54 Å². The Morgan fingerprint density at radius 1 is 1.40 bits per heavy atom.